The predicted octanol–water partition coefficient (Wildman–Crippen LogP) is 2.79. The van der Waals surface area contributed by atoms with E-state index in [-0.39, 0.29) is 12.1 Å². The van der Waals surface area contributed by atoms with E-state index in [2.05, 4.69) is 29.5 Å². The van der Waals surface area contributed by atoms with Crippen LogP contribution in [0.5, 0.6) is 0 Å². The van der Waals surface area contributed by atoms with Crippen LogP contribution >= 0.6 is 0 Å². The number of carbonyl (C=O) groups is 1. The van der Waals surface area contributed by atoms with Crippen molar-refractivity contribution >= 4 is 11.8 Å². The molecule has 0 unspecified atom stereocenters. The SMILES string of the molecule is Cc1cn([C@@H](C)c2ccccc2)nc1NC(=O)N1CCC[C@@H](O)C1. The van der Waals surface area contributed by atoms with Gasteiger partial charge in [-0.2, -0.15) is 5.10 Å². The molecule has 0 aliphatic carbocycles. The number of aliphatic hydroxyl groups is 1. The molecule has 2 atom stereocenters. The molecule has 1 aliphatic rings. The zero-order chi connectivity index (χ0) is 17.1. The van der Waals surface area contributed by atoms with E-state index in [9.17, 15) is 9.90 Å². The number of nitrogens with zero attached hydrogens (tertiary/aromatic N) is 3. The van der Waals surface area contributed by atoms with E-state index in [1.54, 1.807) is 4.90 Å². The molecule has 6 heteroatoms. The molecule has 6 nitrogen and oxygen atoms in total. The van der Waals surface area contributed by atoms with Gasteiger partial charge in [0.2, 0.25) is 0 Å². The number of β-amino-alcohol motifs (C(OH)–C–C–N with tert-alkyl or cyclic N) is 1. The zero-order valence-electron chi connectivity index (χ0n) is 14.1. The Bertz CT molecular complexity index is 698. The van der Waals surface area contributed by atoms with Crippen LogP contribution in [-0.4, -0.2) is 45.0 Å². The second kappa shape index (κ2) is 7.05. The number of rotatable bonds is 3. The van der Waals surface area contributed by atoms with Crippen LogP contribution in [0.4, 0.5) is 10.6 Å². The van der Waals surface area contributed by atoms with Crippen molar-refractivity contribution in [3.05, 3.63) is 47.7 Å². The average Bonchev–Trinajstić information content (AvgIpc) is 2.95. The van der Waals surface area contributed by atoms with Crippen molar-refractivity contribution < 1.29 is 9.90 Å². The molecule has 2 N–H and O–H groups in total. The van der Waals surface area contributed by atoms with Crippen LogP contribution < -0.4 is 5.32 Å². The van der Waals surface area contributed by atoms with Gasteiger partial charge in [0, 0.05) is 24.8 Å². The van der Waals surface area contributed by atoms with Crippen LogP contribution in [0.25, 0.3) is 0 Å². The second-order valence-electron chi connectivity index (χ2n) is 6.40. The lowest BCUT2D eigenvalue weighted by Gasteiger charge is -2.29. The first-order valence-corrected chi connectivity index (χ1v) is 8.39. The predicted molar refractivity (Wildman–Crippen MR) is 93.1 cm³/mol. The third-order valence-corrected chi connectivity index (χ3v) is 4.50. The van der Waals surface area contributed by atoms with Gasteiger partial charge >= 0.3 is 6.03 Å². The van der Waals surface area contributed by atoms with Crippen molar-refractivity contribution in [2.45, 2.75) is 38.8 Å². The summed E-state index contributed by atoms with van der Waals surface area (Å²) in [5, 5.41) is 17.1. The first kappa shape index (κ1) is 16.5. The van der Waals surface area contributed by atoms with Gasteiger partial charge in [-0.25, -0.2) is 4.79 Å². The Hall–Kier alpha value is -2.34. The molecular formula is C18H24N4O2. The van der Waals surface area contributed by atoms with E-state index in [0.717, 1.165) is 24.0 Å². The lowest BCUT2D eigenvalue weighted by molar-refractivity contribution is 0.0883. The summed E-state index contributed by atoms with van der Waals surface area (Å²) in [6.07, 6.45) is 3.10. The minimum Gasteiger partial charge on any atom is -0.391 e. The average molecular weight is 328 g/mol. The second-order valence-corrected chi connectivity index (χ2v) is 6.40. The summed E-state index contributed by atoms with van der Waals surface area (Å²) >= 11 is 0. The van der Waals surface area contributed by atoms with Crippen LogP contribution in [0.15, 0.2) is 36.5 Å². The molecule has 3 rings (SSSR count). The van der Waals surface area contributed by atoms with Gasteiger partial charge in [-0.3, -0.25) is 10.00 Å². The number of aromatic nitrogens is 2. The van der Waals surface area contributed by atoms with E-state index in [4.69, 9.17) is 0 Å². The smallest absolute Gasteiger partial charge is 0.323 e. The highest BCUT2D eigenvalue weighted by Crippen LogP contribution is 2.21. The number of amides is 2. The number of piperidine rings is 1. The lowest BCUT2D eigenvalue weighted by Crippen LogP contribution is -2.44. The van der Waals surface area contributed by atoms with E-state index in [1.165, 1.54) is 0 Å². The van der Waals surface area contributed by atoms with Crippen LogP contribution in [0, 0.1) is 6.92 Å². The number of aryl methyl sites for hydroxylation is 1. The topological polar surface area (TPSA) is 70.4 Å². The Morgan fingerprint density at radius 1 is 1.38 bits per heavy atom. The van der Waals surface area contributed by atoms with Crippen molar-refractivity contribution in [1.29, 1.82) is 0 Å². The molecule has 2 amide bonds. The summed E-state index contributed by atoms with van der Waals surface area (Å²) in [4.78, 5) is 14.0. The van der Waals surface area contributed by atoms with Gasteiger partial charge < -0.3 is 10.0 Å². The molecule has 2 heterocycles. The Balaban J connectivity index is 1.71. The number of nitrogens with one attached hydrogen (secondary N) is 1. The van der Waals surface area contributed by atoms with Gasteiger partial charge in [-0.05, 0) is 32.3 Å². The van der Waals surface area contributed by atoms with E-state index >= 15 is 0 Å². The number of hydrogen-bond donors (Lipinski definition) is 2. The van der Waals surface area contributed by atoms with E-state index in [1.807, 2.05) is 36.0 Å². The fourth-order valence-corrected chi connectivity index (χ4v) is 3.01. The van der Waals surface area contributed by atoms with E-state index in [0.29, 0.717) is 18.9 Å². The highest BCUT2D eigenvalue weighted by atomic mass is 16.3. The first-order valence-electron chi connectivity index (χ1n) is 8.39. The van der Waals surface area contributed by atoms with Crippen molar-refractivity contribution in [3.63, 3.8) is 0 Å². The molecule has 1 aromatic carbocycles. The highest BCUT2D eigenvalue weighted by molar-refractivity contribution is 5.89. The minimum absolute atomic E-state index is 0.0901. The maximum Gasteiger partial charge on any atom is 0.323 e. The fraction of sp³-hybridized carbons (Fsp3) is 0.444. The molecule has 1 aliphatic heterocycles. The Labute approximate surface area is 142 Å². The molecule has 1 aromatic heterocycles. The largest absolute Gasteiger partial charge is 0.391 e. The monoisotopic (exact) mass is 328 g/mol. The van der Waals surface area contributed by atoms with E-state index < -0.39 is 6.10 Å². The number of benzene rings is 1. The normalized spacial score (nSPS) is 19.1. The molecule has 1 saturated heterocycles. The summed E-state index contributed by atoms with van der Waals surface area (Å²) < 4.78 is 1.87. The number of aliphatic hydroxyl groups excluding tert-OH is 1. The lowest BCUT2D eigenvalue weighted by atomic mass is 10.1. The van der Waals surface area contributed by atoms with Gasteiger partial charge in [0.15, 0.2) is 5.82 Å². The summed E-state index contributed by atoms with van der Waals surface area (Å²) in [7, 11) is 0. The van der Waals surface area contributed by atoms with Gasteiger partial charge in [-0.1, -0.05) is 30.3 Å². The van der Waals surface area contributed by atoms with Gasteiger partial charge in [0.05, 0.1) is 12.1 Å². The van der Waals surface area contributed by atoms with Crippen molar-refractivity contribution in [1.82, 2.24) is 14.7 Å². The van der Waals surface area contributed by atoms with Crippen molar-refractivity contribution in [2.24, 2.45) is 0 Å². The number of carbonyl (C=O) groups excluding carboxylic acids is 1. The van der Waals surface area contributed by atoms with Gasteiger partial charge in [0.25, 0.3) is 0 Å². The third-order valence-electron chi connectivity index (χ3n) is 4.50. The summed E-state index contributed by atoms with van der Waals surface area (Å²) in [6.45, 7) is 5.06. The molecular weight excluding hydrogens is 304 g/mol. The Morgan fingerprint density at radius 2 is 2.12 bits per heavy atom. The summed E-state index contributed by atoms with van der Waals surface area (Å²) in [6, 6.07) is 10.0. The first-order chi connectivity index (χ1) is 11.5. The van der Waals surface area contributed by atoms with Gasteiger partial charge in [-0.15, -0.1) is 0 Å². The van der Waals surface area contributed by atoms with Crippen LogP contribution in [-0.2, 0) is 0 Å². The molecule has 1 fully saturated rings. The molecule has 0 saturated carbocycles. The quantitative estimate of drug-likeness (QED) is 0.910. The molecule has 24 heavy (non-hydrogen) atoms. The van der Waals surface area contributed by atoms with Crippen LogP contribution in [0.3, 0.4) is 0 Å². The van der Waals surface area contributed by atoms with Crippen molar-refractivity contribution in [3.8, 4) is 0 Å². The van der Waals surface area contributed by atoms with Crippen molar-refractivity contribution in [2.75, 3.05) is 18.4 Å². The molecule has 2 aromatic rings. The molecule has 128 valence electrons. The third kappa shape index (κ3) is 3.59. The number of urea groups is 1. The van der Waals surface area contributed by atoms with Gasteiger partial charge in [0.1, 0.15) is 0 Å². The maximum absolute atomic E-state index is 12.4. The fourth-order valence-electron chi connectivity index (χ4n) is 3.01. The Morgan fingerprint density at radius 3 is 2.83 bits per heavy atom. The Kier molecular flexibility index (Phi) is 4.85. The zero-order valence-corrected chi connectivity index (χ0v) is 14.1. The minimum atomic E-state index is -0.429. The van der Waals surface area contributed by atoms with Crippen LogP contribution in [0.2, 0.25) is 0 Å². The summed E-state index contributed by atoms with van der Waals surface area (Å²) in [5.41, 5.74) is 2.08. The maximum atomic E-state index is 12.4. The summed E-state index contributed by atoms with van der Waals surface area (Å²) in [5.74, 6) is 0.572. The number of likely N-dealkylation sites (tertiary alicyclic amines) is 1. The molecule has 0 spiro atoms. The highest BCUT2D eigenvalue weighted by Gasteiger charge is 2.23. The van der Waals surface area contributed by atoms with Crippen LogP contribution in [0.1, 0.15) is 36.9 Å². The number of anilines is 1. The molecule has 0 radical (unpaired) electrons. The number of hydrogen-bond acceptors (Lipinski definition) is 3. The molecule has 0 bridgehead atoms. The standard InChI is InChI=1S/C18H24N4O2/c1-13-11-22(14(2)15-7-4-3-5-8-15)20-17(13)19-18(24)21-10-6-9-16(23)12-21/h3-5,7-8,11,14,16,23H,6,9-10,12H2,1-2H3,(H,19,20,24)/t14-,16+/m0/s1.